The van der Waals surface area contributed by atoms with Crippen LogP contribution in [0.1, 0.15) is 10.5 Å². The molecule has 0 amide bonds. The lowest BCUT2D eigenvalue weighted by atomic mass is 10.1. The van der Waals surface area contributed by atoms with E-state index in [-0.39, 0.29) is 5.69 Å². The Hall–Kier alpha value is -2.05. The molecule has 0 radical (unpaired) electrons. The van der Waals surface area contributed by atoms with Gasteiger partial charge in [-0.15, -0.1) is 16.4 Å². The summed E-state index contributed by atoms with van der Waals surface area (Å²) in [4.78, 5) is 15.3. The predicted molar refractivity (Wildman–Crippen MR) is 72.9 cm³/mol. The number of rotatable bonds is 3. The third-order valence-corrected chi connectivity index (χ3v) is 3.61. The van der Waals surface area contributed by atoms with Crippen molar-refractivity contribution in [1.29, 1.82) is 0 Å². The molecule has 0 aliphatic rings. The van der Waals surface area contributed by atoms with Crippen molar-refractivity contribution >= 4 is 29.2 Å². The van der Waals surface area contributed by atoms with Gasteiger partial charge in [0.15, 0.2) is 12.0 Å². The van der Waals surface area contributed by atoms with Crippen molar-refractivity contribution in [2.24, 2.45) is 0 Å². The van der Waals surface area contributed by atoms with E-state index >= 15 is 0 Å². The molecule has 0 fully saturated rings. The van der Waals surface area contributed by atoms with Gasteiger partial charge in [-0.3, -0.25) is 4.79 Å². The molecule has 0 saturated carbocycles. The van der Waals surface area contributed by atoms with Crippen LogP contribution in [-0.4, -0.2) is 26.3 Å². The fraction of sp³-hybridized carbons (Fsp3) is 0. The first kappa shape index (κ1) is 12.0. The average molecular weight is 291 g/mol. The molecule has 3 aromatic rings. The van der Waals surface area contributed by atoms with Crippen LogP contribution in [-0.2, 0) is 0 Å². The summed E-state index contributed by atoms with van der Waals surface area (Å²) in [6, 6.07) is 7.24. The van der Waals surface area contributed by atoms with Crippen LogP contribution in [0.4, 0.5) is 0 Å². The lowest BCUT2D eigenvalue weighted by Gasteiger charge is -2.05. The van der Waals surface area contributed by atoms with E-state index in [1.807, 2.05) is 23.6 Å². The molecule has 0 unspecified atom stereocenters. The number of thiazole rings is 1. The Bertz CT molecular complexity index is 723. The molecule has 5 nitrogen and oxygen atoms in total. The van der Waals surface area contributed by atoms with Gasteiger partial charge in [0.2, 0.25) is 5.13 Å². The van der Waals surface area contributed by atoms with Crippen molar-refractivity contribution in [1.82, 2.24) is 20.0 Å². The Morgan fingerprint density at radius 1 is 1.32 bits per heavy atom. The van der Waals surface area contributed by atoms with Crippen LogP contribution in [0.25, 0.3) is 16.4 Å². The van der Waals surface area contributed by atoms with Gasteiger partial charge < -0.3 is 0 Å². The zero-order chi connectivity index (χ0) is 13.2. The van der Waals surface area contributed by atoms with Gasteiger partial charge in [-0.05, 0) is 6.07 Å². The average Bonchev–Trinajstić information content (AvgIpc) is 3.07. The summed E-state index contributed by atoms with van der Waals surface area (Å²) in [5.74, 6) is 0. The Kier molecular flexibility index (Phi) is 3.10. The highest BCUT2D eigenvalue weighted by Gasteiger charge is 2.18. The molecule has 0 N–H and O–H groups in total. The molecule has 0 saturated heterocycles. The lowest BCUT2D eigenvalue weighted by molar-refractivity contribution is 0.111. The Morgan fingerprint density at radius 2 is 2.16 bits per heavy atom. The first-order chi connectivity index (χ1) is 9.31. The summed E-state index contributed by atoms with van der Waals surface area (Å²) in [5, 5.41) is 10.8. The van der Waals surface area contributed by atoms with E-state index in [1.165, 1.54) is 16.0 Å². The summed E-state index contributed by atoms with van der Waals surface area (Å²) in [6.07, 6.45) is 2.33. The Morgan fingerprint density at radius 3 is 2.84 bits per heavy atom. The monoisotopic (exact) mass is 290 g/mol. The van der Waals surface area contributed by atoms with Gasteiger partial charge >= 0.3 is 0 Å². The highest BCUT2D eigenvalue weighted by molar-refractivity contribution is 7.12. The minimum absolute atomic E-state index is 0.239. The number of hydrogen-bond acceptors (Lipinski definition) is 5. The molecular weight excluding hydrogens is 284 g/mol. The number of carbonyl (C=O) groups is 1. The van der Waals surface area contributed by atoms with E-state index in [0.717, 1.165) is 0 Å². The summed E-state index contributed by atoms with van der Waals surface area (Å²) >= 11 is 7.58. The molecule has 0 atom stereocenters. The molecule has 2 aromatic heterocycles. The van der Waals surface area contributed by atoms with Crippen molar-refractivity contribution in [2.75, 3.05) is 0 Å². The number of aldehydes is 1. The maximum atomic E-state index is 11.1. The van der Waals surface area contributed by atoms with Crippen LogP contribution < -0.4 is 0 Å². The van der Waals surface area contributed by atoms with E-state index in [1.54, 1.807) is 12.3 Å². The maximum Gasteiger partial charge on any atom is 0.212 e. The second kappa shape index (κ2) is 4.91. The molecule has 0 aliphatic carbocycles. The highest BCUT2D eigenvalue weighted by Crippen LogP contribution is 2.30. The number of hydrogen-bond donors (Lipinski definition) is 0. The largest absolute Gasteiger partial charge is 0.296 e. The molecule has 3 rings (SSSR count). The summed E-state index contributed by atoms with van der Waals surface area (Å²) in [6.45, 7) is 0. The lowest BCUT2D eigenvalue weighted by Crippen LogP contribution is -1.99. The maximum absolute atomic E-state index is 11.1. The quantitative estimate of drug-likeness (QED) is 0.696. The molecule has 2 heterocycles. The normalized spacial score (nSPS) is 10.6. The third-order valence-electron chi connectivity index (χ3n) is 2.54. The summed E-state index contributed by atoms with van der Waals surface area (Å²) in [5.41, 5.74) is 1.49. The number of aromatic nitrogens is 4. The molecule has 0 bridgehead atoms. The van der Waals surface area contributed by atoms with Crippen LogP contribution >= 0.6 is 22.9 Å². The second-order valence-electron chi connectivity index (χ2n) is 3.65. The van der Waals surface area contributed by atoms with Gasteiger partial charge in [0.05, 0.1) is 5.02 Å². The Balaban J connectivity index is 2.28. The molecule has 1 aromatic carbocycles. The number of nitrogens with zero attached hydrogens (tertiary/aromatic N) is 4. The van der Waals surface area contributed by atoms with E-state index in [4.69, 9.17) is 11.6 Å². The van der Waals surface area contributed by atoms with Crippen molar-refractivity contribution < 1.29 is 4.79 Å². The van der Waals surface area contributed by atoms with Crippen LogP contribution in [0.3, 0.4) is 0 Å². The van der Waals surface area contributed by atoms with Gasteiger partial charge in [0.25, 0.3) is 0 Å². The van der Waals surface area contributed by atoms with Crippen LogP contribution in [0.15, 0.2) is 35.8 Å². The standard InChI is InChI=1S/C12H7ClN4OS/c13-9-4-2-1-3-8(9)11-10(7-18)15-16-17(11)12-14-5-6-19-12/h1-7H. The van der Waals surface area contributed by atoms with E-state index in [9.17, 15) is 4.79 Å². The predicted octanol–water partition coefficient (Wildman–Crippen LogP) is 2.86. The fourth-order valence-corrected chi connectivity index (χ4v) is 2.55. The van der Waals surface area contributed by atoms with E-state index in [2.05, 4.69) is 15.3 Å². The van der Waals surface area contributed by atoms with Crippen molar-refractivity contribution in [3.05, 3.63) is 46.6 Å². The SMILES string of the molecule is O=Cc1nnn(-c2nccs2)c1-c1ccccc1Cl. The fourth-order valence-electron chi connectivity index (χ4n) is 1.73. The van der Waals surface area contributed by atoms with E-state index in [0.29, 0.717) is 27.7 Å². The molecule has 0 aliphatic heterocycles. The van der Waals surface area contributed by atoms with Crippen molar-refractivity contribution in [2.45, 2.75) is 0 Å². The second-order valence-corrected chi connectivity index (χ2v) is 4.93. The third kappa shape index (κ3) is 2.05. The molecule has 7 heteroatoms. The highest BCUT2D eigenvalue weighted by atomic mass is 35.5. The molecule has 0 spiro atoms. The number of halogens is 1. The van der Waals surface area contributed by atoms with Crippen LogP contribution in [0, 0.1) is 0 Å². The van der Waals surface area contributed by atoms with E-state index < -0.39 is 0 Å². The smallest absolute Gasteiger partial charge is 0.212 e. The Labute approximate surface area is 117 Å². The van der Waals surface area contributed by atoms with Gasteiger partial charge in [0.1, 0.15) is 5.69 Å². The molecule has 94 valence electrons. The first-order valence-electron chi connectivity index (χ1n) is 5.37. The van der Waals surface area contributed by atoms with Gasteiger partial charge in [-0.25, -0.2) is 4.98 Å². The summed E-state index contributed by atoms with van der Waals surface area (Å²) < 4.78 is 1.52. The van der Waals surface area contributed by atoms with Crippen LogP contribution in [0.2, 0.25) is 5.02 Å². The van der Waals surface area contributed by atoms with Crippen molar-refractivity contribution in [3.63, 3.8) is 0 Å². The zero-order valence-corrected chi connectivity index (χ0v) is 11.1. The van der Waals surface area contributed by atoms with Gasteiger partial charge in [-0.1, -0.05) is 35.0 Å². The van der Waals surface area contributed by atoms with Gasteiger partial charge in [-0.2, -0.15) is 4.68 Å². The molecule has 19 heavy (non-hydrogen) atoms. The topological polar surface area (TPSA) is 60.7 Å². The number of carbonyl (C=O) groups excluding carboxylic acids is 1. The van der Waals surface area contributed by atoms with Crippen molar-refractivity contribution in [3.8, 4) is 16.4 Å². The molecular formula is C12H7ClN4OS. The van der Waals surface area contributed by atoms with Crippen LogP contribution in [0.5, 0.6) is 0 Å². The van der Waals surface area contributed by atoms with Gasteiger partial charge in [0, 0.05) is 17.1 Å². The minimum Gasteiger partial charge on any atom is -0.296 e. The minimum atomic E-state index is 0.239. The first-order valence-corrected chi connectivity index (χ1v) is 6.62. The zero-order valence-electron chi connectivity index (χ0n) is 9.52. The summed E-state index contributed by atoms with van der Waals surface area (Å²) in [7, 11) is 0. The number of benzene rings is 1.